The summed E-state index contributed by atoms with van der Waals surface area (Å²) >= 11 is 0. The third-order valence-corrected chi connectivity index (χ3v) is 1.78. The van der Waals surface area contributed by atoms with Crippen LogP contribution in [-0.2, 0) is 14.3 Å². The van der Waals surface area contributed by atoms with Crippen LogP contribution in [-0.4, -0.2) is 50.1 Å². The van der Waals surface area contributed by atoms with Crippen molar-refractivity contribution in [3.8, 4) is 0 Å². The number of carbonyl (C=O) groups is 1. The van der Waals surface area contributed by atoms with E-state index in [2.05, 4.69) is 5.32 Å². The maximum absolute atomic E-state index is 10.1. The predicted molar refractivity (Wildman–Crippen MR) is 45.7 cm³/mol. The Labute approximate surface area is 77.0 Å². The Bertz CT molecular complexity index is 156. The van der Waals surface area contributed by atoms with Crippen molar-refractivity contribution in [1.29, 1.82) is 0 Å². The number of hydrogen-bond donors (Lipinski definition) is 2. The Hall–Kier alpha value is -0.650. The number of carboxylic acid groups (broad SMARTS) is 1. The standard InChI is InChI=1S/C8H15NO4/c10-8(11)1-3-12-5-7-6-13-4-2-9-7/h7,9H,1-6H2,(H,10,11). The van der Waals surface area contributed by atoms with Gasteiger partial charge in [-0.15, -0.1) is 0 Å². The Kier molecular flexibility index (Phi) is 4.74. The van der Waals surface area contributed by atoms with Crippen molar-refractivity contribution in [3.63, 3.8) is 0 Å². The average molecular weight is 189 g/mol. The first-order valence-electron chi connectivity index (χ1n) is 4.39. The molecule has 1 fully saturated rings. The van der Waals surface area contributed by atoms with Gasteiger partial charge in [0.25, 0.3) is 0 Å². The molecule has 0 amide bonds. The second-order valence-electron chi connectivity index (χ2n) is 2.94. The number of ether oxygens (including phenoxy) is 2. The monoisotopic (exact) mass is 189 g/mol. The zero-order valence-electron chi connectivity index (χ0n) is 7.49. The molecule has 0 radical (unpaired) electrons. The van der Waals surface area contributed by atoms with E-state index in [0.29, 0.717) is 13.2 Å². The molecular weight excluding hydrogens is 174 g/mol. The molecule has 5 heteroatoms. The van der Waals surface area contributed by atoms with Gasteiger partial charge in [0.15, 0.2) is 0 Å². The maximum atomic E-state index is 10.1. The molecule has 1 aliphatic heterocycles. The lowest BCUT2D eigenvalue weighted by Gasteiger charge is -2.23. The van der Waals surface area contributed by atoms with E-state index in [9.17, 15) is 4.79 Å². The molecule has 1 atom stereocenters. The highest BCUT2D eigenvalue weighted by Gasteiger charge is 2.12. The van der Waals surface area contributed by atoms with E-state index in [4.69, 9.17) is 14.6 Å². The van der Waals surface area contributed by atoms with Crippen molar-refractivity contribution in [1.82, 2.24) is 5.32 Å². The molecular formula is C8H15NO4. The zero-order valence-corrected chi connectivity index (χ0v) is 7.49. The molecule has 0 spiro atoms. The summed E-state index contributed by atoms with van der Waals surface area (Å²) in [5.74, 6) is -0.826. The number of hydrogen-bond acceptors (Lipinski definition) is 4. The average Bonchev–Trinajstić information content (AvgIpc) is 2.14. The highest BCUT2D eigenvalue weighted by molar-refractivity contribution is 5.66. The van der Waals surface area contributed by atoms with Crippen LogP contribution in [0.15, 0.2) is 0 Å². The minimum atomic E-state index is -0.826. The summed E-state index contributed by atoms with van der Waals surface area (Å²) in [7, 11) is 0. The van der Waals surface area contributed by atoms with E-state index in [1.165, 1.54) is 0 Å². The van der Waals surface area contributed by atoms with Crippen molar-refractivity contribution < 1.29 is 19.4 Å². The molecule has 0 aliphatic carbocycles. The van der Waals surface area contributed by atoms with Crippen LogP contribution in [0.25, 0.3) is 0 Å². The highest BCUT2D eigenvalue weighted by atomic mass is 16.5. The molecule has 0 aromatic heterocycles. The molecule has 1 aliphatic rings. The fraction of sp³-hybridized carbons (Fsp3) is 0.875. The van der Waals surface area contributed by atoms with E-state index in [1.807, 2.05) is 0 Å². The number of aliphatic carboxylic acids is 1. The molecule has 1 saturated heterocycles. The fourth-order valence-corrected chi connectivity index (χ4v) is 1.11. The lowest BCUT2D eigenvalue weighted by Crippen LogP contribution is -2.44. The molecule has 1 rings (SSSR count). The molecule has 5 nitrogen and oxygen atoms in total. The second kappa shape index (κ2) is 5.90. The van der Waals surface area contributed by atoms with Crippen LogP contribution in [0.3, 0.4) is 0 Å². The molecule has 2 N–H and O–H groups in total. The Morgan fingerprint density at radius 1 is 1.69 bits per heavy atom. The molecule has 0 aromatic rings. The molecule has 0 bridgehead atoms. The molecule has 13 heavy (non-hydrogen) atoms. The summed E-state index contributed by atoms with van der Waals surface area (Å²) in [5.41, 5.74) is 0. The largest absolute Gasteiger partial charge is 0.481 e. The predicted octanol–water partition coefficient (Wildman–Crippen LogP) is -0.534. The first-order chi connectivity index (χ1) is 6.29. The number of rotatable bonds is 5. The van der Waals surface area contributed by atoms with Gasteiger partial charge in [0.1, 0.15) is 0 Å². The van der Waals surface area contributed by atoms with Gasteiger partial charge < -0.3 is 19.9 Å². The van der Waals surface area contributed by atoms with Crippen LogP contribution in [0.5, 0.6) is 0 Å². The van der Waals surface area contributed by atoms with Crippen LogP contribution in [0.4, 0.5) is 0 Å². The van der Waals surface area contributed by atoms with E-state index < -0.39 is 5.97 Å². The zero-order chi connectivity index (χ0) is 9.52. The van der Waals surface area contributed by atoms with Crippen LogP contribution in [0.1, 0.15) is 6.42 Å². The van der Waals surface area contributed by atoms with Gasteiger partial charge >= 0.3 is 5.97 Å². The quantitative estimate of drug-likeness (QED) is 0.569. The normalized spacial score (nSPS) is 22.9. The summed E-state index contributed by atoms with van der Waals surface area (Å²) in [5, 5.41) is 11.5. The number of nitrogens with one attached hydrogen (secondary N) is 1. The van der Waals surface area contributed by atoms with E-state index in [-0.39, 0.29) is 19.1 Å². The SMILES string of the molecule is O=C(O)CCOCC1COCCN1. The van der Waals surface area contributed by atoms with Gasteiger partial charge in [-0.25, -0.2) is 0 Å². The van der Waals surface area contributed by atoms with Gasteiger partial charge in [-0.3, -0.25) is 4.79 Å². The van der Waals surface area contributed by atoms with E-state index in [1.54, 1.807) is 0 Å². The van der Waals surface area contributed by atoms with Crippen molar-refractivity contribution in [2.24, 2.45) is 0 Å². The first-order valence-corrected chi connectivity index (χ1v) is 4.39. The number of carboxylic acids is 1. The number of morpholine rings is 1. The summed E-state index contributed by atoms with van der Waals surface area (Å²) in [6.45, 7) is 3.02. The van der Waals surface area contributed by atoms with E-state index >= 15 is 0 Å². The molecule has 0 saturated carbocycles. The second-order valence-corrected chi connectivity index (χ2v) is 2.94. The van der Waals surface area contributed by atoms with Crippen LogP contribution in [0.2, 0.25) is 0 Å². The van der Waals surface area contributed by atoms with Crippen molar-refractivity contribution in [2.75, 3.05) is 33.0 Å². The van der Waals surface area contributed by atoms with Gasteiger partial charge in [0, 0.05) is 6.54 Å². The first kappa shape index (κ1) is 10.4. The van der Waals surface area contributed by atoms with Crippen molar-refractivity contribution >= 4 is 5.97 Å². The van der Waals surface area contributed by atoms with Gasteiger partial charge in [0.05, 0.1) is 38.9 Å². The lowest BCUT2D eigenvalue weighted by molar-refractivity contribution is -0.138. The fourth-order valence-electron chi connectivity index (χ4n) is 1.11. The van der Waals surface area contributed by atoms with Gasteiger partial charge in [-0.05, 0) is 0 Å². The van der Waals surface area contributed by atoms with Crippen molar-refractivity contribution in [2.45, 2.75) is 12.5 Å². The summed E-state index contributed by atoms with van der Waals surface area (Å²) in [4.78, 5) is 10.1. The Morgan fingerprint density at radius 2 is 2.54 bits per heavy atom. The molecule has 0 aromatic carbocycles. The van der Waals surface area contributed by atoms with Crippen molar-refractivity contribution in [3.05, 3.63) is 0 Å². The Morgan fingerprint density at radius 3 is 3.15 bits per heavy atom. The lowest BCUT2D eigenvalue weighted by atomic mass is 10.3. The molecule has 1 heterocycles. The summed E-state index contributed by atoms with van der Waals surface area (Å²) < 4.78 is 10.4. The topological polar surface area (TPSA) is 67.8 Å². The smallest absolute Gasteiger partial charge is 0.305 e. The van der Waals surface area contributed by atoms with Crippen LogP contribution in [0, 0.1) is 0 Å². The maximum Gasteiger partial charge on any atom is 0.305 e. The van der Waals surface area contributed by atoms with Gasteiger partial charge in [-0.1, -0.05) is 0 Å². The minimum Gasteiger partial charge on any atom is -0.481 e. The van der Waals surface area contributed by atoms with Gasteiger partial charge in [0.2, 0.25) is 0 Å². The van der Waals surface area contributed by atoms with E-state index in [0.717, 1.165) is 13.2 Å². The van der Waals surface area contributed by atoms with Crippen LogP contribution >= 0.6 is 0 Å². The third kappa shape index (κ3) is 4.82. The Balaban J connectivity index is 1.95. The molecule has 1 unspecified atom stereocenters. The summed E-state index contributed by atoms with van der Waals surface area (Å²) in [6.07, 6.45) is 0.0631. The van der Waals surface area contributed by atoms with Gasteiger partial charge in [-0.2, -0.15) is 0 Å². The minimum absolute atomic E-state index is 0.0631. The highest BCUT2D eigenvalue weighted by Crippen LogP contribution is 1.94. The third-order valence-electron chi connectivity index (χ3n) is 1.78. The summed E-state index contributed by atoms with van der Waals surface area (Å²) in [6, 6.07) is 0.211. The molecule has 76 valence electrons. The van der Waals surface area contributed by atoms with Crippen LogP contribution < -0.4 is 5.32 Å².